The van der Waals surface area contributed by atoms with Crippen molar-refractivity contribution in [1.29, 1.82) is 0 Å². The number of amides is 1. The Morgan fingerprint density at radius 2 is 2.09 bits per heavy atom. The highest BCUT2D eigenvalue weighted by atomic mass is 32.1. The van der Waals surface area contributed by atoms with Gasteiger partial charge in [-0.2, -0.15) is 5.10 Å². The number of nitrogens with zero attached hydrogens (tertiary/aromatic N) is 3. The van der Waals surface area contributed by atoms with Crippen molar-refractivity contribution in [2.45, 2.75) is 19.3 Å². The van der Waals surface area contributed by atoms with Gasteiger partial charge in [-0.15, -0.1) is 11.3 Å². The average molecular weight is 310 g/mol. The van der Waals surface area contributed by atoms with Crippen molar-refractivity contribution < 1.29 is 4.79 Å². The molecule has 0 aliphatic heterocycles. The zero-order valence-corrected chi connectivity index (χ0v) is 12.6. The fourth-order valence-electron chi connectivity index (χ4n) is 2.84. The summed E-state index contributed by atoms with van der Waals surface area (Å²) < 4.78 is 1.90. The molecule has 22 heavy (non-hydrogen) atoms. The lowest BCUT2D eigenvalue weighted by Crippen LogP contribution is -2.14. The number of fused-ring (bicyclic) bond motifs is 1. The minimum atomic E-state index is -0.178. The third-order valence-electron chi connectivity index (χ3n) is 3.80. The summed E-state index contributed by atoms with van der Waals surface area (Å²) in [6.45, 7) is 0. The Hall–Kier alpha value is -2.47. The van der Waals surface area contributed by atoms with Crippen molar-refractivity contribution >= 4 is 22.4 Å². The molecule has 0 saturated heterocycles. The number of aromatic nitrogens is 3. The molecule has 1 N–H and O–H groups in total. The summed E-state index contributed by atoms with van der Waals surface area (Å²) in [5.74, 6) is -0.178. The van der Waals surface area contributed by atoms with Crippen molar-refractivity contribution in [2.75, 3.05) is 5.32 Å². The first kappa shape index (κ1) is 13.2. The Morgan fingerprint density at radius 3 is 2.86 bits per heavy atom. The molecule has 0 bridgehead atoms. The number of nitrogens with one attached hydrogen (secondary N) is 1. The Kier molecular flexibility index (Phi) is 3.23. The Labute approximate surface area is 131 Å². The van der Waals surface area contributed by atoms with Gasteiger partial charge in [0.2, 0.25) is 0 Å². The van der Waals surface area contributed by atoms with Crippen LogP contribution in [0.25, 0.3) is 5.69 Å². The molecule has 2 heterocycles. The second kappa shape index (κ2) is 5.38. The van der Waals surface area contributed by atoms with Gasteiger partial charge in [0.1, 0.15) is 0 Å². The highest BCUT2D eigenvalue weighted by Crippen LogP contribution is 2.28. The summed E-state index contributed by atoms with van der Waals surface area (Å²) in [4.78, 5) is 16.6. The molecule has 0 atom stereocenters. The van der Waals surface area contributed by atoms with E-state index in [1.54, 1.807) is 6.20 Å². The maximum absolute atomic E-state index is 12.5. The molecule has 0 fully saturated rings. The third kappa shape index (κ3) is 2.21. The van der Waals surface area contributed by atoms with E-state index in [0.29, 0.717) is 10.8 Å². The number of rotatable bonds is 3. The quantitative estimate of drug-likeness (QED) is 0.809. The minimum absolute atomic E-state index is 0.178. The lowest BCUT2D eigenvalue weighted by molar-refractivity contribution is 0.102. The standard InChI is InChI=1S/C16H14N4OS/c21-15(18-16-17-9-10-22-16)14-12-7-4-8-13(12)20(19-14)11-5-2-1-3-6-11/h1-3,5-6,9-10H,4,7-8H2,(H,17,18,21). The van der Waals surface area contributed by atoms with Gasteiger partial charge in [-0.25, -0.2) is 9.67 Å². The van der Waals surface area contributed by atoms with E-state index < -0.39 is 0 Å². The zero-order chi connectivity index (χ0) is 14.9. The largest absolute Gasteiger partial charge is 0.296 e. The number of carbonyl (C=O) groups excluding carboxylic acids is 1. The van der Waals surface area contributed by atoms with Crippen LogP contribution in [0, 0.1) is 0 Å². The van der Waals surface area contributed by atoms with Crippen LogP contribution in [0.4, 0.5) is 5.13 Å². The molecule has 1 aliphatic carbocycles. The number of para-hydroxylation sites is 1. The van der Waals surface area contributed by atoms with E-state index in [2.05, 4.69) is 15.4 Å². The maximum Gasteiger partial charge on any atom is 0.278 e. The Bertz CT molecular complexity index is 808. The number of hydrogen-bond donors (Lipinski definition) is 1. The van der Waals surface area contributed by atoms with Crippen molar-refractivity contribution in [3.8, 4) is 5.69 Å². The minimum Gasteiger partial charge on any atom is -0.296 e. The van der Waals surface area contributed by atoms with Gasteiger partial charge in [0, 0.05) is 22.8 Å². The summed E-state index contributed by atoms with van der Waals surface area (Å²) in [7, 11) is 0. The summed E-state index contributed by atoms with van der Waals surface area (Å²) in [5.41, 5.74) is 3.73. The monoisotopic (exact) mass is 310 g/mol. The molecule has 0 spiro atoms. The zero-order valence-electron chi connectivity index (χ0n) is 11.8. The van der Waals surface area contributed by atoms with Gasteiger partial charge in [0.05, 0.1) is 5.69 Å². The highest BCUT2D eigenvalue weighted by molar-refractivity contribution is 7.13. The van der Waals surface area contributed by atoms with E-state index in [-0.39, 0.29) is 5.91 Å². The fourth-order valence-corrected chi connectivity index (χ4v) is 3.37. The van der Waals surface area contributed by atoms with Gasteiger partial charge in [0.15, 0.2) is 10.8 Å². The van der Waals surface area contributed by atoms with Gasteiger partial charge in [0.25, 0.3) is 5.91 Å². The molecule has 1 aliphatic rings. The van der Waals surface area contributed by atoms with E-state index in [1.165, 1.54) is 11.3 Å². The second-order valence-corrected chi connectivity index (χ2v) is 6.06. The predicted octanol–water partition coefficient (Wildman–Crippen LogP) is 3.07. The maximum atomic E-state index is 12.5. The van der Waals surface area contributed by atoms with E-state index in [1.807, 2.05) is 40.4 Å². The molecule has 0 unspecified atom stereocenters. The first-order chi connectivity index (χ1) is 10.8. The summed E-state index contributed by atoms with van der Waals surface area (Å²) >= 11 is 1.40. The summed E-state index contributed by atoms with van der Waals surface area (Å²) in [5, 5.41) is 9.83. The SMILES string of the molecule is O=C(Nc1nccs1)c1nn(-c2ccccc2)c2c1CCC2. The number of benzene rings is 1. The molecule has 6 heteroatoms. The molecular weight excluding hydrogens is 296 g/mol. The molecule has 5 nitrogen and oxygen atoms in total. The molecule has 2 aromatic heterocycles. The predicted molar refractivity (Wildman–Crippen MR) is 85.7 cm³/mol. The second-order valence-electron chi connectivity index (χ2n) is 5.17. The molecule has 3 aromatic rings. The van der Waals surface area contributed by atoms with E-state index in [9.17, 15) is 4.79 Å². The van der Waals surface area contributed by atoms with Crippen LogP contribution in [-0.2, 0) is 12.8 Å². The molecule has 110 valence electrons. The van der Waals surface area contributed by atoms with E-state index in [4.69, 9.17) is 0 Å². The third-order valence-corrected chi connectivity index (χ3v) is 4.49. The Morgan fingerprint density at radius 1 is 1.23 bits per heavy atom. The van der Waals surface area contributed by atoms with Crippen molar-refractivity contribution in [1.82, 2.24) is 14.8 Å². The Balaban J connectivity index is 1.73. The number of thiazole rings is 1. The van der Waals surface area contributed by atoms with E-state index in [0.717, 1.165) is 36.2 Å². The first-order valence-electron chi connectivity index (χ1n) is 7.20. The van der Waals surface area contributed by atoms with Crippen LogP contribution in [-0.4, -0.2) is 20.7 Å². The van der Waals surface area contributed by atoms with Crippen LogP contribution in [0.1, 0.15) is 28.2 Å². The van der Waals surface area contributed by atoms with Crippen molar-refractivity contribution in [2.24, 2.45) is 0 Å². The van der Waals surface area contributed by atoms with Gasteiger partial charge in [-0.1, -0.05) is 18.2 Å². The van der Waals surface area contributed by atoms with Crippen LogP contribution in [0.15, 0.2) is 41.9 Å². The molecule has 1 amide bonds. The number of hydrogen-bond acceptors (Lipinski definition) is 4. The fraction of sp³-hybridized carbons (Fsp3) is 0.188. The molecule has 0 radical (unpaired) electrons. The number of carbonyl (C=O) groups is 1. The molecule has 1 aromatic carbocycles. The molecule has 0 saturated carbocycles. The van der Waals surface area contributed by atoms with Crippen LogP contribution >= 0.6 is 11.3 Å². The van der Waals surface area contributed by atoms with Gasteiger partial charge >= 0.3 is 0 Å². The van der Waals surface area contributed by atoms with Gasteiger partial charge in [-0.3, -0.25) is 10.1 Å². The highest BCUT2D eigenvalue weighted by Gasteiger charge is 2.27. The lowest BCUT2D eigenvalue weighted by Gasteiger charge is -2.04. The molecular formula is C16H14N4OS. The van der Waals surface area contributed by atoms with Crippen LogP contribution in [0.3, 0.4) is 0 Å². The number of anilines is 1. The van der Waals surface area contributed by atoms with Crippen molar-refractivity contribution in [3.05, 3.63) is 58.9 Å². The summed E-state index contributed by atoms with van der Waals surface area (Å²) in [6, 6.07) is 9.95. The van der Waals surface area contributed by atoms with Crippen molar-refractivity contribution in [3.63, 3.8) is 0 Å². The first-order valence-corrected chi connectivity index (χ1v) is 8.08. The smallest absolute Gasteiger partial charge is 0.278 e. The topological polar surface area (TPSA) is 59.8 Å². The lowest BCUT2D eigenvalue weighted by atomic mass is 10.2. The van der Waals surface area contributed by atoms with Crippen LogP contribution in [0.5, 0.6) is 0 Å². The summed E-state index contributed by atoms with van der Waals surface area (Å²) in [6.07, 6.45) is 4.61. The van der Waals surface area contributed by atoms with Crippen LogP contribution < -0.4 is 5.32 Å². The normalized spacial score (nSPS) is 13.1. The van der Waals surface area contributed by atoms with Crippen LogP contribution in [0.2, 0.25) is 0 Å². The van der Waals surface area contributed by atoms with E-state index >= 15 is 0 Å². The average Bonchev–Trinajstić information content (AvgIpc) is 3.25. The van der Waals surface area contributed by atoms with Gasteiger partial charge in [-0.05, 0) is 31.4 Å². The van der Waals surface area contributed by atoms with Gasteiger partial charge < -0.3 is 0 Å². The molecule has 4 rings (SSSR count).